The Balaban J connectivity index is 2.36. The van der Waals surface area contributed by atoms with Crippen molar-refractivity contribution in [2.24, 2.45) is 5.73 Å². The average molecular weight is 249 g/mol. The standard InChI is InChI=1S/C12H19N5O/c1-4-8-7-10(17(6-3)15-8)12-14-11(16-18-12)9(13)5-2/h7,9H,4-6,13H2,1-3H3. The fourth-order valence-electron chi connectivity index (χ4n) is 1.73. The van der Waals surface area contributed by atoms with Gasteiger partial charge in [-0.15, -0.1) is 0 Å². The van der Waals surface area contributed by atoms with E-state index in [9.17, 15) is 0 Å². The Morgan fingerprint density at radius 3 is 2.78 bits per heavy atom. The number of nitrogens with two attached hydrogens (primary N) is 1. The largest absolute Gasteiger partial charge is 0.332 e. The van der Waals surface area contributed by atoms with Gasteiger partial charge in [0.2, 0.25) is 0 Å². The molecule has 0 bridgehead atoms. The lowest BCUT2D eigenvalue weighted by Crippen LogP contribution is -2.10. The van der Waals surface area contributed by atoms with Crippen molar-refractivity contribution in [3.8, 4) is 11.6 Å². The molecule has 1 unspecified atom stereocenters. The van der Waals surface area contributed by atoms with Gasteiger partial charge in [-0.25, -0.2) is 0 Å². The van der Waals surface area contributed by atoms with Crippen molar-refractivity contribution in [2.75, 3.05) is 0 Å². The van der Waals surface area contributed by atoms with E-state index in [1.165, 1.54) is 0 Å². The molecule has 0 spiro atoms. The Kier molecular flexibility index (Phi) is 3.76. The summed E-state index contributed by atoms with van der Waals surface area (Å²) in [4.78, 5) is 4.34. The maximum atomic E-state index is 5.88. The van der Waals surface area contributed by atoms with Crippen molar-refractivity contribution in [2.45, 2.75) is 46.2 Å². The number of aryl methyl sites for hydroxylation is 2. The Morgan fingerprint density at radius 2 is 2.17 bits per heavy atom. The molecule has 2 rings (SSSR count). The fraction of sp³-hybridized carbons (Fsp3) is 0.583. The summed E-state index contributed by atoms with van der Waals surface area (Å²) in [7, 11) is 0. The normalized spacial score (nSPS) is 12.9. The molecule has 0 amide bonds. The highest BCUT2D eigenvalue weighted by Crippen LogP contribution is 2.21. The third-order valence-corrected chi connectivity index (χ3v) is 2.92. The van der Waals surface area contributed by atoms with Crippen LogP contribution in [0, 0.1) is 0 Å². The van der Waals surface area contributed by atoms with E-state index in [1.807, 2.05) is 24.6 Å². The monoisotopic (exact) mass is 249 g/mol. The van der Waals surface area contributed by atoms with E-state index in [0.29, 0.717) is 11.7 Å². The predicted octanol–water partition coefficient (Wildman–Crippen LogP) is 1.93. The molecular weight excluding hydrogens is 230 g/mol. The highest BCUT2D eigenvalue weighted by atomic mass is 16.5. The van der Waals surface area contributed by atoms with Gasteiger partial charge in [0.1, 0.15) is 5.69 Å². The third kappa shape index (κ3) is 2.28. The minimum atomic E-state index is -0.175. The zero-order valence-electron chi connectivity index (χ0n) is 11.1. The highest BCUT2D eigenvalue weighted by molar-refractivity contribution is 5.48. The number of hydrogen-bond donors (Lipinski definition) is 1. The first-order valence-corrected chi connectivity index (χ1v) is 6.35. The van der Waals surface area contributed by atoms with Gasteiger partial charge >= 0.3 is 0 Å². The average Bonchev–Trinajstić information content (AvgIpc) is 3.03. The molecule has 0 aliphatic rings. The molecule has 0 saturated carbocycles. The molecule has 2 aromatic heterocycles. The molecule has 18 heavy (non-hydrogen) atoms. The van der Waals surface area contributed by atoms with Crippen LogP contribution in [0.3, 0.4) is 0 Å². The summed E-state index contributed by atoms with van der Waals surface area (Å²) in [6, 6.07) is 1.81. The van der Waals surface area contributed by atoms with Crippen molar-refractivity contribution in [3.05, 3.63) is 17.6 Å². The second-order valence-corrected chi connectivity index (χ2v) is 4.16. The lowest BCUT2D eigenvalue weighted by atomic mass is 10.2. The molecule has 0 aromatic carbocycles. The van der Waals surface area contributed by atoms with E-state index in [0.717, 1.165) is 30.8 Å². The summed E-state index contributed by atoms with van der Waals surface area (Å²) in [6.07, 6.45) is 1.67. The molecule has 0 aliphatic carbocycles. The molecule has 98 valence electrons. The maximum absolute atomic E-state index is 5.88. The summed E-state index contributed by atoms with van der Waals surface area (Å²) < 4.78 is 7.14. The zero-order chi connectivity index (χ0) is 13.1. The lowest BCUT2D eigenvalue weighted by Gasteiger charge is -2.00. The Bertz CT molecular complexity index is 516. The summed E-state index contributed by atoms with van der Waals surface area (Å²) >= 11 is 0. The van der Waals surface area contributed by atoms with Crippen molar-refractivity contribution < 1.29 is 4.52 Å². The SMILES string of the molecule is CCc1cc(-c2nc(C(N)CC)no2)n(CC)n1. The lowest BCUT2D eigenvalue weighted by molar-refractivity contribution is 0.411. The van der Waals surface area contributed by atoms with Crippen molar-refractivity contribution in [3.63, 3.8) is 0 Å². The third-order valence-electron chi connectivity index (χ3n) is 2.92. The van der Waals surface area contributed by atoms with Crippen LogP contribution in [0.5, 0.6) is 0 Å². The van der Waals surface area contributed by atoms with Gasteiger partial charge in [0.15, 0.2) is 5.82 Å². The molecule has 1 atom stereocenters. The molecule has 6 nitrogen and oxygen atoms in total. The van der Waals surface area contributed by atoms with Gasteiger partial charge in [-0.2, -0.15) is 10.1 Å². The molecule has 2 aromatic rings. The van der Waals surface area contributed by atoms with Crippen LogP contribution in [-0.2, 0) is 13.0 Å². The maximum Gasteiger partial charge on any atom is 0.276 e. The second-order valence-electron chi connectivity index (χ2n) is 4.16. The van der Waals surface area contributed by atoms with Gasteiger partial charge in [0.05, 0.1) is 11.7 Å². The number of aromatic nitrogens is 4. The minimum Gasteiger partial charge on any atom is -0.332 e. The molecule has 0 aliphatic heterocycles. The Hall–Kier alpha value is -1.69. The molecule has 2 heterocycles. The fourth-order valence-corrected chi connectivity index (χ4v) is 1.73. The van der Waals surface area contributed by atoms with E-state index in [4.69, 9.17) is 10.3 Å². The van der Waals surface area contributed by atoms with E-state index >= 15 is 0 Å². The first-order chi connectivity index (χ1) is 8.69. The van der Waals surface area contributed by atoms with Crippen LogP contribution in [0.25, 0.3) is 11.6 Å². The van der Waals surface area contributed by atoms with Crippen LogP contribution in [0.2, 0.25) is 0 Å². The van der Waals surface area contributed by atoms with Gasteiger partial charge in [-0.05, 0) is 25.8 Å². The van der Waals surface area contributed by atoms with Crippen LogP contribution < -0.4 is 5.73 Å². The van der Waals surface area contributed by atoms with Crippen molar-refractivity contribution in [1.29, 1.82) is 0 Å². The Morgan fingerprint density at radius 1 is 1.39 bits per heavy atom. The van der Waals surface area contributed by atoms with Gasteiger partial charge in [-0.3, -0.25) is 4.68 Å². The van der Waals surface area contributed by atoms with Gasteiger partial charge in [0, 0.05) is 6.54 Å². The quantitative estimate of drug-likeness (QED) is 0.875. The smallest absolute Gasteiger partial charge is 0.276 e. The van der Waals surface area contributed by atoms with Crippen molar-refractivity contribution in [1.82, 2.24) is 19.9 Å². The molecule has 0 fully saturated rings. The molecule has 0 saturated heterocycles. The molecular formula is C12H19N5O. The number of rotatable bonds is 5. The number of hydrogen-bond acceptors (Lipinski definition) is 5. The number of nitrogens with zero attached hydrogens (tertiary/aromatic N) is 4. The highest BCUT2D eigenvalue weighted by Gasteiger charge is 2.17. The van der Waals surface area contributed by atoms with Crippen molar-refractivity contribution >= 4 is 0 Å². The molecule has 6 heteroatoms. The first-order valence-electron chi connectivity index (χ1n) is 6.35. The topological polar surface area (TPSA) is 82.8 Å². The predicted molar refractivity (Wildman–Crippen MR) is 67.8 cm³/mol. The Labute approximate surface area is 106 Å². The summed E-state index contributed by atoms with van der Waals surface area (Å²) in [5, 5.41) is 8.38. The van der Waals surface area contributed by atoms with E-state index < -0.39 is 0 Å². The van der Waals surface area contributed by atoms with Gasteiger partial charge in [-0.1, -0.05) is 19.0 Å². The van der Waals surface area contributed by atoms with Gasteiger partial charge in [0.25, 0.3) is 5.89 Å². The van der Waals surface area contributed by atoms with Crippen LogP contribution >= 0.6 is 0 Å². The molecule has 2 N–H and O–H groups in total. The minimum absolute atomic E-state index is 0.175. The van der Waals surface area contributed by atoms with E-state index in [1.54, 1.807) is 0 Å². The van der Waals surface area contributed by atoms with E-state index in [2.05, 4.69) is 22.2 Å². The van der Waals surface area contributed by atoms with E-state index in [-0.39, 0.29) is 6.04 Å². The molecule has 0 radical (unpaired) electrons. The van der Waals surface area contributed by atoms with Crippen LogP contribution in [0.15, 0.2) is 10.6 Å². The van der Waals surface area contributed by atoms with Crippen LogP contribution in [0.1, 0.15) is 44.8 Å². The first kappa shape index (κ1) is 12.8. The summed E-state index contributed by atoms with van der Waals surface area (Å²) in [6.45, 7) is 6.86. The van der Waals surface area contributed by atoms with Crippen LogP contribution in [0.4, 0.5) is 0 Å². The zero-order valence-corrected chi connectivity index (χ0v) is 11.1. The summed E-state index contributed by atoms with van der Waals surface area (Å²) in [5.41, 5.74) is 7.76. The van der Waals surface area contributed by atoms with Crippen LogP contribution in [-0.4, -0.2) is 19.9 Å². The summed E-state index contributed by atoms with van der Waals surface area (Å²) in [5.74, 6) is 1.04. The van der Waals surface area contributed by atoms with Gasteiger partial charge < -0.3 is 10.3 Å². The second kappa shape index (κ2) is 5.30.